The van der Waals surface area contributed by atoms with Crippen LogP contribution in [0.15, 0.2) is 24.3 Å². The summed E-state index contributed by atoms with van der Waals surface area (Å²) >= 11 is 0. The number of ether oxygens (including phenoxy) is 2. The lowest BCUT2D eigenvalue weighted by Crippen LogP contribution is -2.42. The van der Waals surface area contributed by atoms with Crippen molar-refractivity contribution in [3.63, 3.8) is 0 Å². The van der Waals surface area contributed by atoms with Gasteiger partial charge < -0.3 is 20.1 Å². The molecule has 1 aliphatic heterocycles. The minimum absolute atomic E-state index is 0.0761. The molecule has 1 fully saturated rings. The molecule has 0 radical (unpaired) electrons. The summed E-state index contributed by atoms with van der Waals surface area (Å²) in [6, 6.07) is 6.52. The second-order valence-corrected chi connectivity index (χ2v) is 5.64. The molecule has 0 saturated carbocycles. The second kappa shape index (κ2) is 8.53. The Kier molecular flexibility index (Phi) is 6.40. The number of hydrogen-bond donors (Lipinski definition) is 2. The molecule has 2 N–H and O–H groups in total. The lowest BCUT2D eigenvalue weighted by Gasteiger charge is -2.28. The van der Waals surface area contributed by atoms with Gasteiger partial charge in [-0.25, -0.2) is 9.59 Å². The van der Waals surface area contributed by atoms with Crippen molar-refractivity contribution < 1.29 is 19.1 Å². The van der Waals surface area contributed by atoms with Gasteiger partial charge in [0.25, 0.3) is 0 Å². The summed E-state index contributed by atoms with van der Waals surface area (Å²) in [5.41, 5.74) is 0.981. The molecular weight excluding hydrogens is 296 g/mol. The number of esters is 1. The van der Waals surface area contributed by atoms with Gasteiger partial charge in [-0.3, -0.25) is 0 Å². The number of rotatable bonds is 5. The number of urea groups is 1. The average molecular weight is 320 g/mol. The van der Waals surface area contributed by atoms with Crippen molar-refractivity contribution in [2.45, 2.75) is 32.7 Å². The zero-order chi connectivity index (χ0) is 16.7. The van der Waals surface area contributed by atoms with Gasteiger partial charge in [0.1, 0.15) is 0 Å². The van der Waals surface area contributed by atoms with Gasteiger partial charge in [0.15, 0.2) is 0 Å². The van der Waals surface area contributed by atoms with Crippen molar-refractivity contribution in [2.24, 2.45) is 5.92 Å². The summed E-state index contributed by atoms with van der Waals surface area (Å²) in [6.07, 6.45) is 1.92. The van der Waals surface area contributed by atoms with Crippen molar-refractivity contribution in [1.82, 2.24) is 5.32 Å². The summed E-state index contributed by atoms with van der Waals surface area (Å²) < 4.78 is 10.3. The van der Waals surface area contributed by atoms with Gasteiger partial charge in [0.2, 0.25) is 0 Å². The van der Waals surface area contributed by atoms with Crippen LogP contribution in [-0.2, 0) is 9.47 Å². The van der Waals surface area contributed by atoms with Crippen LogP contribution in [0.1, 0.15) is 37.0 Å². The molecule has 0 unspecified atom stereocenters. The number of anilines is 1. The third kappa shape index (κ3) is 5.25. The van der Waals surface area contributed by atoms with E-state index in [4.69, 9.17) is 9.47 Å². The summed E-state index contributed by atoms with van der Waals surface area (Å²) in [5.74, 6) is 0.0347. The maximum absolute atomic E-state index is 12.1. The van der Waals surface area contributed by atoms with Crippen molar-refractivity contribution >= 4 is 17.7 Å². The quantitative estimate of drug-likeness (QED) is 0.818. The van der Waals surface area contributed by atoms with Crippen LogP contribution in [0, 0.1) is 5.92 Å². The van der Waals surface area contributed by atoms with Crippen LogP contribution in [0.2, 0.25) is 0 Å². The van der Waals surface area contributed by atoms with Crippen molar-refractivity contribution in [1.29, 1.82) is 0 Å². The molecular formula is C17H24N2O4. The first-order chi connectivity index (χ1) is 11.1. The lowest BCUT2D eigenvalue weighted by molar-refractivity contribution is 0.0526. The molecule has 2 rings (SSSR count). The van der Waals surface area contributed by atoms with Gasteiger partial charge in [-0.05, 0) is 50.8 Å². The highest BCUT2D eigenvalue weighted by molar-refractivity contribution is 5.94. The Bertz CT molecular complexity index is 541. The molecule has 1 aromatic rings. The largest absolute Gasteiger partial charge is 0.462 e. The van der Waals surface area contributed by atoms with Crippen LogP contribution in [0.4, 0.5) is 10.5 Å². The van der Waals surface area contributed by atoms with E-state index in [0.717, 1.165) is 26.1 Å². The number of amides is 2. The molecule has 6 heteroatoms. The first-order valence-electron chi connectivity index (χ1n) is 8.02. The first kappa shape index (κ1) is 17.3. The van der Waals surface area contributed by atoms with Crippen LogP contribution in [-0.4, -0.2) is 37.9 Å². The summed E-state index contributed by atoms with van der Waals surface area (Å²) in [4.78, 5) is 23.8. The molecule has 23 heavy (non-hydrogen) atoms. The van der Waals surface area contributed by atoms with E-state index in [1.807, 2.05) is 6.92 Å². The smallest absolute Gasteiger partial charge is 0.338 e. The molecule has 0 aliphatic carbocycles. The molecule has 1 aromatic carbocycles. The Labute approximate surface area is 136 Å². The van der Waals surface area contributed by atoms with E-state index in [2.05, 4.69) is 10.6 Å². The Morgan fingerprint density at radius 1 is 1.35 bits per heavy atom. The SMILES string of the molecule is CCOC(=O)c1cccc(NC(=O)N[C@@H](C)C2CCOCC2)c1. The molecule has 1 atom stereocenters. The van der Waals surface area contributed by atoms with E-state index >= 15 is 0 Å². The van der Waals surface area contributed by atoms with Crippen LogP contribution in [0.5, 0.6) is 0 Å². The van der Waals surface area contributed by atoms with E-state index in [0.29, 0.717) is 23.8 Å². The highest BCUT2D eigenvalue weighted by Gasteiger charge is 2.21. The summed E-state index contributed by atoms with van der Waals surface area (Å²) in [5, 5.41) is 5.71. The molecule has 1 aliphatic rings. The van der Waals surface area contributed by atoms with E-state index in [1.54, 1.807) is 31.2 Å². The van der Waals surface area contributed by atoms with E-state index in [9.17, 15) is 9.59 Å². The van der Waals surface area contributed by atoms with Crippen molar-refractivity contribution in [3.8, 4) is 0 Å². The number of carbonyl (C=O) groups is 2. The second-order valence-electron chi connectivity index (χ2n) is 5.64. The highest BCUT2D eigenvalue weighted by Crippen LogP contribution is 2.19. The van der Waals surface area contributed by atoms with Gasteiger partial charge in [-0.2, -0.15) is 0 Å². The van der Waals surface area contributed by atoms with Crippen LogP contribution < -0.4 is 10.6 Å². The first-order valence-corrected chi connectivity index (χ1v) is 8.02. The van der Waals surface area contributed by atoms with Crippen molar-refractivity contribution in [2.75, 3.05) is 25.1 Å². The van der Waals surface area contributed by atoms with Gasteiger partial charge in [-0.15, -0.1) is 0 Å². The minimum atomic E-state index is -0.396. The third-order valence-corrected chi connectivity index (χ3v) is 3.96. The average Bonchev–Trinajstić information content (AvgIpc) is 2.56. The van der Waals surface area contributed by atoms with E-state index in [-0.39, 0.29) is 12.1 Å². The number of carbonyl (C=O) groups excluding carboxylic acids is 2. The Morgan fingerprint density at radius 2 is 2.09 bits per heavy atom. The fourth-order valence-electron chi connectivity index (χ4n) is 2.65. The molecule has 2 amide bonds. The van der Waals surface area contributed by atoms with E-state index < -0.39 is 5.97 Å². The summed E-state index contributed by atoms with van der Waals surface area (Å²) in [7, 11) is 0. The normalized spacial score (nSPS) is 16.4. The molecule has 0 spiro atoms. The minimum Gasteiger partial charge on any atom is -0.462 e. The van der Waals surface area contributed by atoms with Gasteiger partial charge >= 0.3 is 12.0 Å². The number of nitrogens with one attached hydrogen (secondary N) is 2. The third-order valence-electron chi connectivity index (χ3n) is 3.96. The predicted molar refractivity (Wildman–Crippen MR) is 87.6 cm³/mol. The maximum Gasteiger partial charge on any atom is 0.338 e. The molecule has 0 bridgehead atoms. The molecule has 126 valence electrons. The molecule has 6 nitrogen and oxygen atoms in total. The highest BCUT2D eigenvalue weighted by atomic mass is 16.5. The predicted octanol–water partition coefficient (Wildman–Crippen LogP) is 2.80. The molecule has 0 aromatic heterocycles. The zero-order valence-electron chi connectivity index (χ0n) is 13.6. The number of hydrogen-bond acceptors (Lipinski definition) is 4. The van der Waals surface area contributed by atoms with Crippen LogP contribution >= 0.6 is 0 Å². The maximum atomic E-state index is 12.1. The topological polar surface area (TPSA) is 76.7 Å². The Hall–Kier alpha value is -2.08. The van der Waals surface area contributed by atoms with Crippen LogP contribution in [0.25, 0.3) is 0 Å². The standard InChI is InChI=1S/C17H24N2O4/c1-3-23-16(20)14-5-4-6-15(11-14)19-17(21)18-12(2)13-7-9-22-10-8-13/h4-6,11-13H,3,7-10H2,1-2H3,(H2,18,19,21)/t12-/m0/s1. The fraction of sp³-hybridized carbons (Fsp3) is 0.529. The Balaban J connectivity index is 1.89. The summed E-state index contributed by atoms with van der Waals surface area (Å²) in [6.45, 7) is 5.58. The lowest BCUT2D eigenvalue weighted by atomic mass is 9.93. The monoisotopic (exact) mass is 320 g/mol. The van der Waals surface area contributed by atoms with Gasteiger partial charge in [0.05, 0.1) is 12.2 Å². The fourth-order valence-corrected chi connectivity index (χ4v) is 2.65. The van der Waals surface area contributed by atoms with E-state index in [1.165, 1.54) is 0 Å². The van der Waals surface area contributed by atoms with Crippen LogP contribution in [0.3, 0.4) is 0 Å². The van der Waals surface area contributed by atoms with Gasteiger partial charge in [0, 0.05) is 24.9 Å². The zero-order valence-corrected chi connectivity index (χ0v) is 13.6. The van der Waals surface area contributed by atoms with Gasteiger partial charge in [-0.1, -0.05) is 6.07 Å². The molecule has 1 saturated heterocycles. The Morgan fingerprint density at radius 3 is 2.78 bits per heavy atom. The van der Waals surface area contributed by atoms with Crippen molar-refractivity contribution in [3.05, 3.63) is 29.8 Å². The number of benzene rings is 1. The molecule has 1 heterocycles.